The van der Waals surface area contributed by atoms with Crippen molar-refractivity contribution in [2.45, 2.75) is 26.7 Å². The third-order valence-electron chi connectivity index (χ3n) is 3.95. The fraction of sp³-hybridized carbons (Fsp3) is 0.529. The zero-order valence-electron chi connectivity index (χ0n) is 13.9. The molecule has 0 saturated carbocycles. The number of amides is 3. The van der Waals surface area contributed by atoms with Crippen molar-refractivity contribution in [3.8, 4) is 0 Å². The molecule has 1 aromatic rings. The summed E-state index contributed by atoms with van der Waals surface area (Å²) < 4.78 is 27.3. The van der Waals surface area contributed by atoms with Crippen LogP contribution in [0.4, 0.5) is 19.3 Å². The van der Waals surface area contributed by atoms with Crippen LogP contribution in [0.25, 0.3) is 0 Å². The maximum absolute atomic E-state index is 13.6. The van der Waals surface area contributed by atoms with Gasteiger partial charge in [0.1, 0.15) is 17.3 Å². The molecule has 132 valence electrons. The van der Waals surface area contributed by atoms with Crippen LogP contribution in [0.5, 0.6) is 0 Å². The average molecular weight is 339 g/mol. The summed E-state index contributed by atoms with van der Waals surface area (Å²) in [7, 11) is 0. The molecule has 3 amide bonds. The zero-order chi connectivity index (χ0) is 17.7. The molecule has 24 heavy (non-hydrogen) atoms. The van der Waals surface area contributed by atoms with E-state index in [2.05, 4.69) is 10.6 Å². The van der Waals surface area contributed by atoms with Crippen LogP contribution in [0.3, 0.4) is 0 Å². The minimum Gasteiger partial charge on any atom is -0.338 e. The molecule has 1 saturated heterocycles. The summed E-state index contributed by atoms with van der Waals surface area (Å²) in [5.74, 6) is -2.25. The maximum atomic E-state index is 13.6. The first-order chi connectivity index (χ1) is 11.4. The number of anilines is 1. The van der Waals surface area contributed by atoms with Gasteiger partial charge in [-0.05, 0) is 30.9 Å². The Morgan fingerprint density at radius 3 is 2.58 bits per heavy atom. The van der Waals surface area contributed by atoms with Gasteiger partial charge < -0.3 is 15.5 Å². The third kappa shape index (κ3) is 4.66. The predicted molar refractivity (Wildman–Crippen MR) is 87.5 cm³/mol. The summed E-state index contributed by atoms with van der Waals surface area (Å²) in [5, 5.41) is 5.13. The minimum atomic E-state index is -0.814. The van der Waals surface area contributed by atoms with Crippen molar-refractivity contribution >= 4 is 17.6 Å². The van der Waals surface area contributed by atoms with Gasteiger partial charge in [0.2, 0.25) is 5.91 Å². The highest BCUT2D eigenvalue weighted by atomic mass is 19.1. The Labute approximate surface area is 140 Å². The summed E-state index contributed by atoms with van der Waals surface area (Å²) in [4.78, 5) is 26.0. The monoisotopic (exact) mass is 339 g/mol. The molecule has 0 aromatic heterocycles. The van der Waals surface area contributed by atoms with E-state index in [9.17, 15) is 18.4 Å². The molecule has 0 unspecified atom stereocenters. The molecule has 0 bridgehead atoms. The number of para-hydroxylation sites is 1. The summed E-state index contributed by atoms with van der Waals surface area (Å²) in [6.07, 6.45) is 1.25. The lowest BCUT2D eigenvalue weighted by Gasteiger charge is -2.32. The number of nitrogens with zero attached hydrogens (tertiary/aromatic N) is 1. The molecule has 1 aliphatic heterocycles. The number of likely N-dealkylation sites (tertiary alicyclic amines) is 1. The number of carbonyl (C=O) groups is 2. The summed E-state index contributed by atoms with van der Waals surface area (Å²) in [6.45, 7) is 5.37. The van der Waals surface area contributed by atoms with Gasteiger partial charge in [-0.15, -0.1) is 0 Å². The van der Waals surface area contributed by atoms with Gasteiger partial charge in [-0.1, -0.05) is 19.9 Å². The van der Waals surface area contributed by atoms with Gasteiger partial charge in [0.05, 0.1) is 5.92 Å². The van der Waals surface area contributed by atoms with Gasteiger partial charge >= 0.3 is 6.03 Å². The number of benzene rings is 1. The van der Waals surface area contributed by atoms with Gasteiger partial charge in [0.25, 0.3) is 0 Å². The SMILES string of the molecule is CC(C)CNC(=O)N1CCC[C@H](C(=O)Nc2c(F)cccc2F)C1. The van der Waals surface area contributed by atoms with Crippen molar-refractivity contribution in [3.05, 3.63) is 29.8 Å². The number of halogens is 2. The molecule has 2 N–H and O–H groups in total. The Morgan fingerprint density at radius 2 is 1.96 bits per heavy atom. The number of piperidine rings is 1. The molecule has 1 heterocycles. The Hall–Kier alpha value is -2.18. The molecule has 7 heteroatoms. The molecule has 1 atom stereocenters. The first-order valence-electron chi connectivity index (χ1n) is 8.16. The second kappa shape index (κ2) is 8.08. The van der Waals surface area contributed by atoms with E-state index in [0.717, 1.165) is 12.1 Å². The van der Waals surface area contributed by atoms with Crippen LogP contribution < -0.4 is 10.6 Å². The predicted octanol–water partition coefficient (Wildman–Crippen LogP) is 2.98. The molecular formula is C17H23F2N3O2. The fourth-order valence-corrected chi connectivity index (χ4v) is 2.62. The number of hydrogen-bond acceptors (Lipinski definition) is 2. The molecule has 0 spiro atoms. The van der Waals surface area contributed by atoms with Gasteiger partial charge in [0.15, 0.2) is 0 Å². The molecule has 5 nitrogen and oxygen atoms in total. The first-order valence-corrected chi connectivity index (χ1v) is 8.16. The highest BCUT2D eigenvalue weighted by Gasteiger charge is 2.29. The Kier molecular flexibility index (Phi) is 6.11. The lowest BCUT2D eigenvalue weighted by atomic mass is 9.97. The van der Waals surface area contributed by atoms with Crippen LogP contribution in [-0.2, 0) is 4.79 Å². The van der Waals surface area contributed by atoms with Crippen molar-refractivity contribution in [1.82, 2.24) is 10.2 Å². The zero-order valence-corrected chi connectivity index (χ0v) is 13.9. The van der Waals surface area contributed by atoms with Gasteiger partial charge in [-0.25, -0.2) is 13.6 Å². The quantitative estimate of drug-likeness (QED) is 0.886. The number of urea groups is 1. The van der Waals surface area contributed by atoms with E-state index in [1.165, 1.54) is 6.07 Å². The van der Waals surface area contributed by atoms with E-state index in [1.807, 2.05) is 13.8 Å². The number of rotatable bonds is 4. The second-order valence-electron chi connectivity index (χ2n) is 6.45. The van der Waals surface area contributed by atoms with E-state index >= 15 is 0 Å². The summed E-state index contributed by atoms with van der Waals surface area (Å²) >= 11 is 0. The van der Waals surface area contributed by atoms with Crippen LogP contribution in [0.1, 0.15) is 26.7 Å². The van der Waals surface area contributed by atoms with Gasteiger partial charge in [-0.2, -0.15) is 0 Å². The van der Waals surface area contributed by atoms with Crippen LogP contribution in [0.2, 0.25) is 0 Å². The van der Waals surface area contributed by atoms with Crippen molar-refractivity contribution in [2.24, 2.45) is 11.8 Å². The Balaban J connectivity index is 1.96. The van der Waals surface area contributed by atoms with E-state index < -0.39 is 29.1 Å². The topological polar surface area (TPSA) is 61.4 Å². The molecule has 1 aromatic carbocycles. The molecule has 1 aliphatic rings. The van der Waals surface area contributed by atoms with Gasteiger partial charge in [0, 0.05) is 19.6 Å². The fourth-order valence-electron chi connectivity index (χ4n) is 2.62. The number of hydrogen-bond donors (Lipinski definition) is 2. The van der Waals surface area contributed by atoms with Crippen molar-refractivity contribution in [1.29, 1.82) is 0 Å². The minimum absolute atomic E-state index is 0.210. The second-order valence-corrected chi connectivity index (χ2v) is 6.45. The Bertz CT molecular complexity index is 587. The average Bonchev–Trinajstić information content (AvgIpc) is 2.56. The largest absolute Gasteiger partial charge is 0.338 e. The molecule has 0 aliphatic carbocycles. The molecule has 0 radical (unpaired) electrons. The Morgan fingerprint density at radius 1 is 1.29 bits per heavy atom. The first kappa shape index (κ1) is 18.2. The van der Waals surface area contributed by atoms with E-state index in [4.69, 9.17) is 0 Å². The molecule has 1 fully saturated rings. The van der Waals surface area contributed by atoms with Crippen molar-refractivity contribution in [3.63, 3.8) is 0 Å². The summed E-state index contributed by atoms with van der Waals surface area (Å²) in [6, 6.07) is 3.20. The van der Waals surface area contributed by atoms with Gasteiger partial charge in [-0.3, -0.25) is 4.79 Å². The third-order valence-corrected chi connectivity index (χ3v) is 3.95. The smallest absolute Gasteiger partial charge is 0.317 e. The molecule has 2 rings (SSSR count). The normalized spacial score (nSPS) is 17.7. The van der Waals surface area contributed by atoms with E-state index in [1.54, 1.807) is 4.90 Å². The van der Waals surface area contributed by atoms with E-state index in [0.29, 0.717) is 31.8 Å². The van der Waals surface area contributed by atoms with E-state index in [-0.39, 0.29) is 12.6 Å². The lowest BCUT2D eigenvalue weighted by molar-refractivity contribution is -0.121. The van der Waals surface area contributed by atoms with Crippen LogP contribution in [0.15, 0.2) is 18.2 Å². The highest BCUT2D eigenvalue weighted by molar-refractivity contribution is 5.93. The van der Waals surface area contributed by atoms with Crippen molar-refractivity contribution < 1.29 is 18.4 Å². The van der Waals surface area contributed by atoms with Crippen LogP contribution >= 0.6 is 0 Å². The standard InChI is InChI=1S/C17H23F2N3O2/c1-11(2)9-20-17(24)22-8-4-5-12(10-22)16(23)21-15-13(18)6-3-7-14(15)19/h3,6-7,11-12H,4-5,8-10H2,1-2H3,(H,20,24)(H,21,23)/t12-/m0/s1. The summed E-state index contributed by atoms with van der Waals surface area (Å²) in [5.41, 5.74) is -0.441. The molecular weight excluding hydrogens is 316 g/mol. The van der Waals surface area contributed by atoms with Crippen LogP contribution in [0, 0.1) is 23.5 Å². The lowest BCUT2D eigenvalue weighted by Crippen LogP contribution is -2.48. The number of carbonyl (C=O) groups excluding carboxylic acids is 2. The van der Waals surface area contributed by atoms with Crippen LogP contribution in [-0.4, -0.2) is 36.5 Å². The number of nitrogens with one attached hydrogen (secondary N) is 2. The maximum Gasteiger partial charge on any atom is 0.317 e. The highest BCUT2D eigenvalue weighted by Crippen LogP contribution is 2.22. The van der Waals surface area contributed by atoms with Crippen molar-refractivity contribution in [2.75, 3.05) is 25.0 Å².